The summed E-state index contributed by atoms with van der Waals surface area (Å²) < 4.78 is 0. The maximum atomic E-state index is 9.55. The zero-order valence-corrected chi connectivity index (χ0v) is 13.6. The third kappa shape index (κ3) is 5.66. The summed E-state index contributed by atoms with van der Waals surface area (Å²) in [6, 6.07) is 9.47. The zero-order chi connectivity index (χ0) is 17.4. The van der Waals surface area contributed by atoms with Crippen molar-refractivity contribution in [2.75, 3.05) is 13.1 Å². The Balaban J connectivity index is 0.000000224. The molecule has 1 aromatic carbocycles. The van der Waals surface area contributed by atoms with Crippen LogP contribution in [0.5, 0.6) is 0 Å². The van der Waals surface area contributed by atoms with Gasteiger partial charge in [0.15, 0.2) is 0 Å². The highest BCUT2D eigenvalue weighted by molar-refractivity contribution is 5.89. The van der Waals surface area contributed by atoms with Crippen LogP contribution in [0, 0.1) is 0 Å². The van der Waals surface area contributed by atoms with Crippen molar-refractivity contribution >= 4 is 18.0 Å². The number of rotatable bonds is 3. The molecular weight excluding hydrogens is 306 g/mol. The standard InChI is InChI=1S/C15H19N.C4H4O4/c1-2-6-14-8-10-15(9-7-13(14)5-1)16-11-3-4-12-16;5-3(6)1-2-4(7)8/h1-2,5-7,9,15H,3-4,8,10-12H2;1-2H,(H,5,6)(H,7,8)/b;2-1+. The second-order valence-corrected chi connectivity index (χ2v) is 5.92. The molecule has 0 bridgehead atoms. The molecule has 0 amide bonds. The summed E-state index contributed by atoms with van der Waals surface area (Å²) in [6.07, 6.45) is 11.1. The molecule has 24 heavy (non-hydrogen) atoms. The van der Waals surface area contributed by atoms with Gasteiger partial charge in [0.1, 0.15) is 0 Å². The van der Waals surface area contributed by atoms with Gasteiger partial charge >= 0.3 is 11.9 Å². The summed E-state index contributed by atoms with van der Waals surface area (Å²) in [7, 11) is 0. The number of carboxylic acid groups (broad SMARTS) is 2. The monoisotopic (exact) mass is 329 g/mol. The molecular formula is C19H23NO4. The topological polar surface area (TPSA) is 77.8 Å². The van der Waals surface area contributed by atoms with E-state index in [9.17, 15) is 9.59 Å². The van der Waals surface area contributed by atoms with Gasteiger partial charge in [0.25, 0.3) is 0 Å². The third-order valence-corrected chi connectivity index (χ3v) is 4.24. The minimum absolute atomic E-state index is 0.558. The summed E-state index contributed by atoms with van der Waals surface area (Å²) in [5.41, 5.74) is 2.93. The highest BCUT2D eigenvalue weighted by atomic mass is 16.4. The number of carboxylic acids is 2. The fourth-order valence-corrected chi connectivity index (χ4v) is 3.06. The Kier molecular flexibility index (Phi) is 6.75. The van der Waals surface area contributed by atoms with E-state index >= 15 is 0 Å². The molecule has 1 unspecified atom stereocenters. The largest absolute Gasteiger partial charge is 0.478 e. The number of carbonyl (C=O) groups is 2. The summed E-state index contributed by atoms with van der Waals surface area (Å²) >= 11 is 0. The van der Waals surface area contributed by atoms with Gasteiger partial charge in [-0.3, -0.25) is 4.90 Å². The second-order valence-electron chi connectivity index (χ2n) is 5.92. The van der Waals surface area contributed by atoms with Gasteiger partial charge in [0, 0.05) is 18.2 Å². The van der Waals surface area contributed by atoms with Crippen LogP contribution < -0.4 is 0 Å². The average molecular weight is 329 g/mol. The van der Waals surface area contributed by atoms with Gasteiger partial charge in [0.05, 0.1) is 0 Å². The van der Waals surface area contributed by atoms with Gasteiger partial charge in [-0.1, -0.05) is 36.4 Å². The molecule has 3 rings (SSSR count). The molecule has 0 radical (unpaired) electrons. The summed E-state index contributed by atoms with van der Waals surface area (Å²) in [5.74, 6) is -2.51. The van der Waals surface area contributed by atoms with E-state index < -0.39 is 11.9 Å². The Morgan fingerprint density at radius 1 is 1.04 bits per heavy atom. The Labute approximate surface area is 141 Å². The number of benzene rings is 1. The number of fused-ring (bicyclic) bond motifs is 1. The summed E-state index contributed by atoms with van der Waals surface area (Å²) in [5, 5.41) is 15.6. The lowest BCUT2D eigenvalue weighted by Gasteiger charge is -2.23. The highest BCUT2D eigenvalue weighted by Gasteiger charge is 2.21. The van der Waals surface area contributed by atoms with E-state index in [0.717, 1.165) is 0 Å². The molecule has 0 aromatic heterocycles. The minimum atomic E-state index is -1.26. The fourth-order valence-electron chi connectivity index (χ4n) is 3.06. The summed E-state index contributed by atoms with van der Waals surface area (Å²) in [4.78, 5) is 21.7. The van der Waals surface area contributed by atoms with Crippen molar-refractivity contribution in [3.63, 3.8) is 0 Å². The first-order chi connectivity index (χ1) is 11.6. The van der Waals surface area contributed by atoms with E-state index in [1.807, 2.05) is 0 Å². The first-order valence-electron chi connectivity index (χ1n) is 8.20. The van der Waals surface area contributed by atoms with Crippen LogP contribution >= 0.6 is 0 Å². The molecule has 128 valence electrons. The van der Waals surface area contributed by atoms with E-state index in [1.54, 1.807) is 0 Å². The molecule has 1 atom stereocenters. The van der Waals surface area contributed by atoms with Crippen molar-refractivity contribution in [2.45, 2.75) is 31.7 Å². The van der Waals surface area contributed by atoms with Crippen LogP contribution in [0.4, 0.5) is 0 Å². The molecule has 1 aromatic rings. The lowest BCUT2D eigenvalue weighted by Crippen LogP contribution is -2.31. The van der Waals surface area contributed by atoms with Crippen LogP contribution in [-0.4, -0.2) is 46.2 Å². The minimum Gasteiger partial charge on any atom is -0.478 e. The number of hydrogen-bond donors (Lipinski definition) is 2. The van der Waals surface area contributed by atoms with E-state index in [0.29, 0.717) is 18.2 Å². The van der Waals surface area contributed by atoms with Gasteiger partial charge in [-0.05, 0) is 49.9 Å². The van der Waals surface area contributed by atoms with Crippen LogP contribution in [0.1, 0.15) is 30.4 Å². The number of aliphatic carboxylic acids is 2. The quantitative estimate of drug-likeness (QED) is 0.834. The Morgan fingerprint density at radius 3 is 2.29 bits per heavy atom. The van der Waals surface area contributed by atoms with Crippen LogP contribution in [0.25, 0.3) is 6.08 Å². The molecule has 2 N–H and O–H groups in total. The third-order valence-electron chi connectivity index (χ3n) is 4.24. The lowest BCUT2D eigenvalue weighted by molar-refractivity contribution is -0.134. The average Bonchev–Trinajstić information content (AvgIpc) is 3.01. The Morgan fingerprint density at radius 2 is 1.67 bits per heavy atom. The lowest BCUT2D eigenvalue weighted by atomic mass is 10.0. The van der Waals surface area contributed by atoms with Crippen LogP contribution in [0.15, 0.2) is 42.5 Å². The first-order valence-corrected chi connectivity index (χ1v) is 8.20. The van der Waals surface area contributed by atoms with Crippen molar-refractivity contribution in [1.29, 1.82) is 0 Å². The number of aryl methyl sites for hydroxylation is 1. The van der Waals surface area contributed by atoms with Crippen molar-refractivity contribution in [1.82, 2.24) is 4.90 Å². The van der Waals surface area contributed by atoms with Crippen LogP contribution in [-0.2, 0) is 16.0 Å². The Bertz CT molecular complexity index is 614. The number of hydrogen-bond acceptors (Lipinski definition) is 3. The highest BCUT2D eigenvalue weighted by Crippen LogP contribution is 2.23. The van der Waals surface area contributed by atoms with Crippen LogP contribution in [0.2, 0.25) is 0 Å². The Hall–Kier alpha value is -2.40. The summed E-state index contributed by atoms with van der Waals surface area (Å²) in [6.45, 7) is 2.59. The van der Waals surface area contributed by atoms with Crippen molar-refractivity contribution in [3.8, 4) is 0 Å². The van der Waals surface area contributed by atoms with Gasteiger partial charge in [-0.2, -0.15) is 0 Å². The van der Waals surface area contributed by atoms with Gasteiger partial charge in [-0.15, -0.1) is 0 Å². The van der Waals surface area contributed by atoms with Crippen LogP contribution in [0.3, 0.4) is 0 Å². The van der Waals surface area contributed by atoms with Gasteiger partial charge in [0.2, 0.25) is 0 Å². The number of likely N-dealkylation sites (tertiary alicyclic amines) is 1. The van der Waals surface area contributed by atoms with Gasteiger partial charge in [-0.25, -0.2) is 9.59 Å². The van der Waals surface area contributed by atoms with E-state index in [4.69, 9.17) is 10.2 Å². The number of nitrogens with zero attached hydrogens (tertiary/aromatic N) is 1. The van der Waals surface area contributed by atoms with E-state index in [2.05, 4.69) is 41.3 Å². The predicted molar refractivity (Wildman–Crippen MR) is 92.8 cm³/mol. The smallest absolute Gasteiger partial charge is 0.328 e. The molecule has 2 aliphatic rings. The van der Waals surface area contributed by atoms with Crippen molar-refractivity contribution in [2.24, 2.45) is 0 Å². The van der Waals surface area contributed by atoms with E-state index in [1.165, 1.54) is 49.9 Å². The van der Waals surface area contributed by atoms with Crippen molar-refractivity contribution < 1.29 is 19.8 Å². The maximum Gasteiger partial charge on any atom is 0.328 e. The molecule has 1 aliphatic heterocycles. The molecule has 0 saturated carbocycles. The normalized spacial score (nSPS) is 20.1. The molecule has 1 fully saturated rings. The van der Waals surface area contributed by atoms with Gasteiger partial charge < -0.3 is 10.2 Å². The SMILES string of the molecule is C1=CC(N2CCCC2)CCc2ccccc21.O=C(O)/C=C/C(=O)O. The molecule has 1 aliphatic carbocycles. The zero-order valence-electron chi connectivity index (χ0n) is 13.6. The predicted octanol–water partition coefficient (Wildman–Crippen LogP) is 2.82. The second kappa shape index (κ2) is 9.03. The molecule has 5 nitrogen and oxygen atoms in total. The molecule has 5 heteroatoms. The maximum absolute atomic E-state index is 9.55. The fraction of sp³-hybridized carbons (Fsp3) is 0.368. The molecule has 0 spiro atoms. The molecule has 1 heterocycles. The van der Waals surface area contributed by atoms with Crippen molar-refractivity contribution in [3.05, 3.63) is 53.6 Å². The molecule has 1 saturated heterocycles. The van der Waals surface area contributed by atoms with E-state index in [-0.39, 0.29) is 0 Å². The first kappa shape index (κ1) is 17.9.